The summed E-state index contributed by atoms with van der Waals surface area (Å²) >= 11 is 0. The van der Waals surface area contributed by atoms with Gasteiger partial charge in [0.1, 0.15) is 5.75 Å². The molecule has 2 aliphatic heterocycles. The molecule has 0 radical (unpaired) electrons. The Hall–Kier alpha value is -1.22. The number of rotatable bonds is 1. The number of hydrogen-bond acceptors (Lipinski definition) is 3. The van der Waals surface area contributed by atoms with Gasteiger partial charge in [-0.3, -0.25) is 0 Å². The number of aromatic hydroxyl groups is 1. The maximum absolute atomic E-state index is 9.49. The van der Waals surface area contributed by atoms with E-state index < -0.39 is 0 Å². The maximum atomic E-state index is 9.49. The lowest BCUT2D eigenvalue weighted by atomic mass is 10.1. The molecule has 2 aliphatic rings. The lowest BCUT2D eigenvalue weighted by molar-refractivity contribution is 0.469. The number of anilines is 1. The van der Waals surface area contributed by atoms with Crippen molar-refractivity contribution in [1.29, 1.82) is 0 Å². The van der Waals surface area contributed by atoms with Crippen LogP contribution in [0.25, 0.3) is 0 Å². The summed E-state index contributed by atoms with van der Waals surface area (Å²) in [6.45, 7) is 2.15. The van der Waals surface area contributed by atoms with Gasteiger partial charge in [-0.05, 0) is 25.0 Å². The second kappa shape index (κ2) is 3.42. The first-order chi connectivity index (χ1) is 7.34. The van der Waals surface area contributed by atoms with Crippen molar-refractivity contribution in [2.24, 2.45) is 0 Å². The van der Waals surface area contributed by atoms with Gasteiger partial charge in [0.2, 0.25) is 0 Å². The molecule has 1 aromatic carbocycles. The van der Waals surface area contributed by atoms with Gasteiger partial charge in [0.15, 0.2) is 0 Å². The Labute approximate surface area is 89.7 Å². The number of hydrogen-bond donors (Lipinski definition) is 2. The number of benzene rings is 1. The summed E-state index contributed by atoms with van der Waals surface area (Å²) in [5.74, 6) is 0.366. The summed E-state index contributed by atoms with van der Waals surface area (Å²) in [6.07, 6.45) is 2.54. The molecule has 3 nitrogen and oxygen atoms in total. The topological polar surface area (TPSA) is 35.5 Å². The van der Waals surface area contributed by atoms with Crippen LogP contribution in [-0.2, 0) is 0 Å². The van der Waals surface area contributed by atoms with Crippen molar-refractivity contribution in [3.63, 3.8) is 0 Å². The summed E-state index contributed by atoms with van der Waals surface area (Å²) < 4.78 is 0. The smallest absolute Gasteiger partial charge is 0.117 e. The molecule has 2 atom stereocenters. The van der Waals surface area contributed by atoms with E-state index in [1.165, 1.54) is 18.5 Å². The highest BCUT2D eigenvalue weighted by molar-refractivity contribution is 5.53. The van der Waals surface area contributed by atoms with Crippen LogP contribution < -0.4 is 10.2 Å². The van der Waals surface area contributed by atoms with Crippen LogP contribution in [0.5, 0.6) is 5.75 Å². The lowest BCUT2D eigenvalue weighted by Crippen LogP contribution is -2.51. The second-order valence-electron chi connectivity index (χ2n) is 4.47. The summed E-state index contributed by atoms with van der Waals surface area (Å²) in [5, 5.41) is 13.0. The third-order valence-electron chi connectivity index (χ3n) is 3.51. The molecule has 0 unspecified atom stereocenters. The molecule has 0 spiro atoms. The van der Waals surface area contributed by atoms with E-state index in [1.807, 2.05) is 12.1 Å². The van der Waals surface area contributed by atoms with Gasteiger partial charge < -0.3 is 15.3 Å². The monoisotopic (exact) mass is 204 g/mol. The summed E-state index contributed by atoms with van der Waals surface area (Å²) in [5.41, 5.74) is 1.17. The van der Waals surface area contributed by atoms with Gasteiger partial charge >= 0.3 is 0 Å². The first-order valence-corrected chi connectivity index (χ1v) is 5.63. The average molecular weight is 204 g/mol. The molecule has 2 heterocycles. The Morgan fingerprint density at radius 2 is 1.93 bits per heavy atom. The van der Waals surface area contributed by atoms with E-state index in [4.69, 9.17) is 0 Å². The van der Waals surface area contributed by atoms with Crippen molar-refractivity contribution in [3.8, 4) is 5.75 Å². The Morgan fingerprint density at radius 3 is 2.60 bits per heavy atom. The predicted molar refractivity (Wildman–Crippen MR) is 60.3 cm³/mol. The first-order valence-electron chi connectivity index (χ1n) is 5.63. The fourth-order valence-electron chi connectivity index (χ4n) is 2.85. The summed E-state index contributed by atoms with van der Waals surface area (Å²) in [6, 6.07) is 8.85. The highest BCUT2D eigenvalue weighted by Crippen LogP contribution is 2.33. The summed E-state index contributed by atoms with van der Waals surface area (Å²) in [4.78, 5) is 2.47. The van der Waals surface area contributed by atoms with Crippen LogP contribution in [0, 0.1) is 0 Å². The predicted octanol–water partition coefficient (Wildman–Crippen LogP) is 1.33. The molecule has 0 aromatic heterocycles. The van der Waals surface area contributed by atoms with E-state index in [0.717, 1.165) is 13.1 Å². The molecule has 80 valence electrons. The highest BCUT2D eigenvalue weighted by atomic mass is 16.3. The Morgan fingerprint density at radius 1 is 1.20 bits per heavy atom. The van der Waals surface area contributed by atoms with Gasteiger partial charge in [-0.2, -0.15) is 0 Å². The maximum Gasteiger partial charge on any atom is 0.117 e. The second-order valence-corrected chi connectivity index (χ2v) is 4.47. The van der Waals surface area contributed by atoms with E-state index in [1.54, 1.807) is 6.07 Å². The minimum atomic E-state index is 0.366. The van der Waals surface area contributed by atoms with Gasteiger partial charge in [0, 0.05) is 36.9 Å². The molecule has 2 bridgehead atoms. The molecule has 1 aromatic rings. The molecule has 2 saturated heterocycles. The van der Waals surface area contributed by atoms with Crippen LogP contribution in [0.3, 0.4) is 0 Å². The number of nitrogens with zero attached hydrogens (tertiary/aromatic N) is 1. The lowest BCUT2D eigenvalue weighted by Gasteiger charge is -2.37. The van der Waals surface area contributed by atoms with Gasteiger partial charge in [-0.1, -0.05) is 6.07 Å². The Bertz CT molecular complexity index is 350. The molecule has 0 amide bonds. The van der Waals surface area contributed by atoms with Gasteiger partial charge in [0.05, 0.1) is 0 Å². The molecule has 0 saturated carbocycles. The molecule has 3 rings (SSSR count). The number of fused-ring (bicyclic) bond motifs is 2. The van der Waals surface area contributed by atoms with Crippen LogP contribution >= 0.6 is 0 Å². The largest absolute Gasteiger partial charge is 0.508 e. The quantitative estimate of drug-likeness (QED) is 0.724. The zero-order valence-electron chi connectivity index (χ0n) is 8.69. The van der Waals surface area contributed by atoms with Gasteiger partial charge in [0.25, 0.3) is 0 Å². The Balaban J connectivity index is 1.93. The van der Waals surface area contributed by atoms with E-state index in [2.05, 4.69) is 16.3 Å². The van der Waals surface area contributed by atoms with Gasteiger partial charge in [-0.15, -0.1) is 0 Å². The number of phenolic OH excluding ortho intramolecular Hbond substituents is 1. The van der Waals surface area contributed by atoms with Crippen molar-refractivity contribution in [2.75, 3.05) is 18.0 Å². The first kappa shape index (κ1) is 9.04. The molecule has 0 aliphatic carbocycles. The van der Waals surface area contributed by atoms with Crippen LogP contribution in [0.1, 0.15) is 12.8 Å². The Kier molecular flexibility index (Phi) is 2.06. The fraction of sp³-hybridized carbons (Fsp3) is 0.500. The van der Waals surface area contributed by atoms with Crippen molar-refractivity contribution >= 4 is 5.69 Å². The average Bonchev–Trinajstić information content (AvgIpc) is 2.49. The number of nitrogens with one attached hydrogen (secondary N) is 1. The minimum absolute atomic E-state index is 0.366. The van der Waals surface area contributed by atoms with Gasteiger partial charge in [-0.25, -0.2) is 0 Å². The minimum Gasteiger partial charge on any atom is -0.508 e. The summed E-state index contributed by atoms with van der Waals surface area (Å²) in [7, 11) is 0. The highest BCUT2D eigenvalue weighted by Gasteiger charge is 2.36. The third-order valence-corrected chi connectivity index (χ3v) is 3.51. The zero-order valence-corrected chi connectivity index (χ0v) is 8.69. The molecule has 15 heavy (non-hydrogen) atoms. The molecule has 2 N–H and O–H groups in total. The number of phenols is 1. The normalized spacial score (nSPS) is 29.5. The number of piperazine rings is 1. The van der Waals surface area contributed by atoms with E-state index in [9.17, 15) is 5.11 Å². The van der Waals surface area contributed by atoms with Crippen molar-refractivity contribution < 1.29 is 5.11 Å². The van der Waals surface area contributed by atoms with Crippen molar-refractivity contribution in [2.45, 2.75) is 24.9 Å². The molecular weight excluding hydrogens is 188 g/mol. The van der Waals surface area contributed by atoms with E-state index >= 15 is 0 Å². The standard InChI is InChI=1S/C12H16N2O/c15-12-3-1-2-9(6-12)14-10-4-5-11(14)8-13-7-10/h1-3,6,10-11,13,15H,4-5,7-8H2/t10-,11+. The molecular formula is C12H16N2O. The van der Waals surface area contributed by atoms with Crippen LogP contribution in [0.15, 0.2) is 24.3 Å². The zero-order chi connectivity index (χ0) is 10.3. The molecule has 3 heteroatoms. The third kappa shape index (κ3) is 1.47. The van der Waals surface area contributed by atoms with Crippen molar-refractivity contribution in [1.82, 2.24) is 5.32 Å². The van der Waals surface area contributed by atoms with E-state index in [-0.39, 0.29) is 0 Å². The van der Waals surface area contributed by atoms with Crippen molar-refractivity contribution in [3.05, 3.63) is 24.3 Å². The fourth-order valence-corrected chi connectivity index (χ4v) is 2.85. The SMILES string of the molecule is Oc1cccc(N2[C@@H]3CC[C@H]2CNC3)c1. The molecule has 2 fully saturated rings. The van der Waals surface area contributed by atoms with Crippen LogP contribution in [0.4, 0.5) is 5.69 Å². The van der Waals surface area contributed by atoms with Crippen LogP contribution in [-0.4, -0.2) is 30.3 Å². The van der Waals surface area contributed by atoms with E-state index in [0.29, 0.717) is 17.8 Å². The van der Waals surface area contributed by atoms with Crippen LogP contribution in [0.2, 0.25) is 0 Å².